The van der Waals surface area contributed by atoms with E-state index in [-0.39, 0.29) is 0 Å². The lowest BCUT2D eigenvalue weighted by molar-refractivity contribution is -0.244. The molecule has 79 valence electrons. The largest absolute Gasteiger partial charge is 0.393 e. The van der Waals surface area contributed by atoms with Crippen molar-refractivity contribution in [3.05, 3.63) is 6.92 Å². The summed E-state index contributed by atoms with van der Waals surface area (Å²) in [5.41, 5.74) is 0. The number of aliphatic hydroxyl groups is 1. The van der Waals surface area contributed by atoms with Gasteiger partial charge >= 0.3 is 11.8 Å². The molecule has 1 nitrogen and oxygen atoms in total. The molecule has 0 aromatic rings. The van der Waals surface area contributed by atoms with E-state index >= 15 is 0 Å². The Hall–Kier alpha value is -0.390. The Balaban J connectivity index is 4.60. The van der Waals surface area contributed by atoms with Crippen molar-refractivity contribution in [2.75, 3.05) is 0 Å². The molecule has 0 bridgehead atoms. The summed E-state index contributed by atoms with van der Waals surface area (Å²) in [5.74, 6) is -9.35. The quantitative estimate of drug-likeness (QED) is 0.697. The predicted molar refractivity (Wildman–Crippen MR) is 36.4 cm³/mol. The lowest BCUT2D eigenvalue weighted by Crippen LogP contribution is -2.48. The Morgan fingerprint density at radius 2 is 1.69 bits per heavy atom. The van der Waals surface area contributed by atoms with Crippen LogP contribution in [0.3, 0.4) is 0 Å². The summed E-state index contributed by atoms with van der Waals surface area (Å²) >= 11 is 0. The zero-order valence-electron chi connectivity index (χ0n) is 6.91. The fourth-order valence-electron chi connectivity index (χ4n) is 0.723. The first-order valence-electron chi connectivity index (χ1n) is 3.52. The molecular weight excluding hydrogens is 195 g/mol. The van der Waals surface area contributed by atoms with Crippen LogP contribution in [0.4, 0.5) is 22.0 Å². The minimum Gasteiger partial charge on any atom is -0.393 e. The first-order valence-corrected chi connectivity index (χ1v) is 3.52. The number of hydrogen-bond acceptors (Lipinski definition) is 1. The summed E-state index contributed by atoms with van der Waals surface area (Å²) in [4.78, 5) is 0. The molecule has 1 N–H and O–H groups in total. The van der Waals surface area contributed by atoms with Crippen LogP contribution in [0.25, 0.3) is 0 Å². The van der Waals surface area contributed by atoms with E-state index in [2.05, 4.69) is 6.92 Å². The molecule has 0 aromatic carbocycles. The van der Waals surface area contributed by atoms with Crippen molar-refractivity contribution in [1.29, 1.82) is 0 Å². The van der Waals surface area contributed by atoms with E-state index in [1.807, 2.05) is 0 Å². The van der Waals surface area contributed by atoms with Crippen LogP contribution in [0.5, 0.6) is 0 Å². The fraction of sp³-hybridized carbons (Fsp3) is 0.857. The van der Waals surface area contributed by atoms with Gasteiger partial charge in [-0.3, -0.25) is 0 Å². The van der Waals surface area contributed by atoms with Crippen LogP contribution in [-0.2, 0) is 0 Å². The molecule has 0 saturated carbocycles. The zero-order valence-corrected chi connectivity index (χ0v) is 6.91. The summed E-state index contributed by atoms with van der Waals surface area (Å²) < 4.78 is 62.0. The molecular formula is C7H10F5O. The van der Waals surface area contributed by atoms with Gasteiger partial charge in [-0.05, 0) is 13.8 Å². The van der Waals surface area contributed by atoms with Crippen LogP contribution >= 0.6 is 0 Å². The second-order valence-corrected chi connectivity index (χ2v) is 2.80. The van der Waals surface area contributed by atoms with Crippen LogP contribution in [0.2, 0.25) is 0 Å². The Kier molecular flexibility index (Phi) is 3.66. The molecule has 13 heavy (non-hydrogen) atoms. The third kappa shape index (κ3) is 2.79. The lowest BCUT2D eigenvalue weighted by atomic mass is 10.0. The first kappa shape index (κ1) is 12.6. The van der Waals surface area contributed by atoms with Crippen LogP contribution < -0.4 is 0 Å². The summed E-state index contributed by atoms with van der Waals surface area (Å²) in [6.07, 6.45) is -6.38. The van der Waals surface area contributed by atoms with Crippen molar-refractivity contribution in [3.8, 4) is 0 Å². The average Bonchev–Trinajstić information content (AvgIpc) is 1.83. The van der Waals surface area contributed by atoms with Gasteiger partial charge in [-0.1, -0.05) is 0 Å². The monoisotopic (exact) mass is 205 g/mol. The van der Waals surface area contributed by atoms with E-state index in [0.29, 0.717) is 6.92 Å². The Bertz CT molecular complexity index is 166. The lowest BCUT2D eigenvalue weighted by Gasteiger charge is -2.28. The maximum absolute atomic E-state index is 12.5. The van der Waals surface area contributed by atoms with Crippen LogP contribution in [0.1, 0.15) is 13.3 Å². The van der Waals surface area contributed by atoms with Gasteiger partial charge in [0, 0.05) is 6.42 Å². The van der Waals surface area contributed by atoms with Gasteiger partial charge in [0.2, 0.25) is 0 Å². The molecule has 0 aliphatic carbocycles. The molecule has 0 aromatic heterocycles. The maximum atomic E-state index is 12.5. The smallest absolute Gasteiger partial charge is 0.340 e. The highest BCUT2D eigenvalue weighted by Gasteiger charge is 2.60. The zero-order chi connectivity index (χ0) is 10.9. The highest BCUT2D eigenvalue weighted by Crippen LogP contribution is 2.41. The highest BCUT2D eigenvalue weighted by atomic mass is 19.3. The average molecular weight is 205 g/mol. The molecule has 6 heteroatoms. The number of alkyl halides is 5. The van der Waals surface area contributed by atoms with Crippen molar-refractivity contribution < 1.29 is 27.1 Å². The van der Waals surface area contributed by atoms with Crippen LogP contribution in [-0.4, -0.2) is 29.2 Å². The normalized spacial score (nSPS) is 18.5. The van der Waals surface area contributed by atoms with Crippen molar-refractivity contribution >= 4 is 0 Å². The van der Waals surface area contributed by atoms with Crippen molar-refractivity contribution in [2.45, 2.75) is 37.5 Å². The van der Waals surface area contributed by atoms with E-state index < -0.39 is 30.5 Å². The van der Waals surface area contributed by atoms with Crippen LogP contribution in [0.15, 0.2) is 0 Å². The Labute approximate surface area is 72.6 Å². The third-order valence-corrected chi connectivity index (χ3v) is 1.48. The Morgan fingerprint density at radius 3 is 1.92 bits per heavy atom. The molecule has 2 unspecified atom stereocenters. The molecule has 0 spiro atoms. The molecule has 0 amide bonds. The van der Waals surface area contributed by atoms with Gasteiger partial charge in [0.25, 0.3) is 0 Å². The number of aliphatic hydroxyl groups excluding tert-OH is 1. The third-order valence-electron chi connectivity index (χ3n) is 1.48. The highest BCUT2D eigenvalue weighted by molar-refractivity contribution is 4.91. The van der Waals surface area contributed by atoms with E-state index in [0.717, 1.165) is 0 Å². The van der Waals surface area contributed by atoms with Crippen molar-refractivity contribution in [3.63, 3.8) is 0 Å². The standard InChI is InChI=1S/C7H10F5O/c1-4(13)3-6(9,10)7(11,12)5(2)8/h4-5,13H,1,3H2,2H3. The number of hydrogen-bond donors (Lipinski definition) is 1. The van der Waals surface area contributed by atoms with Crippen LogP contribution in [0, 0.1) is 6.92 Å². The fourth-order valence-corrected chi connectivity index (χ4v) is 0.723. The summed E-state index contributed by atoms with van der Waals surface area (Å²) in [5, 5.41) is 8.39. The second kappa shape index (κ2) is 3.77. The summed E-state index contributed by atoms with van der Waals surface area (Å²) in [6, 6.07) is 0. The maximum Gasteiger partial charge on any atom is 0.340 e. The van der Waals surface area contributed by atoms with Gasteiger partial charge < -0.3 is 5.11 Å². The van der Waals surface area contributed by atoms with E-state index in [1.54, 1.807) is 0 Å². The molecule has 1 radical (unpaired) electrons. The van der Waals surface area contributed by atoms with Gasteiger partial charge in [0.1, 0.15) is 0 Å². The number of rotatable bonds is 4. The van der Waals surface area contributed by atoms with Crippen molar-refractivity contribution in [1.82, 2.24) is 0 Å². The molecule has 0 aliphatic rings. The minimum absolute atomic E-state index is 0.337. The van der Waals surface area contributed by atoms with Crippen molar-refractivity contribution in [2.24, 2.45) is 0 Å². The Morgan fingerprint density at radius 1 is 1.31 bits per heavy atom. The van der Waals surface area contributed by atoms with E-state index in [9.17, 15) is 22.0 Å². The molecule has 0 aliphatic heterocycles. The number of halogens is 5. The summed E-state index contributed by atoms with van der Waals surface area (Å²) in [7, 11) is 0. The molecule has 0 saturated heterocycles. The molecule has 0 heterocycles. The topological polar surface area (TPSA) is 20.2 Å². The molecule has 0 fully saturated rings. The van der Waals surface area contributed by atoms with Gasteiger partial charge in [0.05, 0.1) is 6.10 Å². The summed E-state index contributed by atoms with van der Waals surface area (Å²) in [6.45, 7) is 3.05. The SMILES string of the molecule is [CH2]C(O)CC(F)(F)C(F)(F)C(C)F. The molecule has 0 rings (SSSR count). The van der Waals surface area contributed by atoms with E-state index in [1.165, 1.54) is 0 Å². The molecule has 2 atom stereocenters. The minimum atomic E-state index is -4.77. The first-order chi connectivity index (χ1) is 5.61. The van der Waals surface area contributed by atoms with Gasteiger partial charge in [0.15, 0.2) is 6.17 Å². The van der Waals surface area contributed by atoms with E-state index in [4.69, 9.17) is 5.11 Å². The van der Waals surface area contributed by atoms with Gasteiger partial charge in [-0.25, -0.2) is 4.39 Å². The van der Waals surface area contributed by atoms with Gasteiger partial charge in [-0.15, -0.1) is 0 Å². The predicted octanol–water partition coefficient (Wildman–Crippen LogP) is 2.20. The second-order valence-electron chi connectivity index (χ2n) is 2.80. The van der Waals surface area contributed by atoms with Gasteiger partial charge in [-0.2, -0.15) is 17.6 Å².